The van der Waals surface area contributed by atoms with Gasteiger partial charge >= 0.3 is 0 Å². The SMILES string of the molecule is N=C(CO)N1CCCCC1. The van der Waals surface area contributed by atoms with Crippen molar-refractivity contribution in [3.05, 3.63) is 0 Å². The summed E-state index contributed by atoms with van der Waals surface area (Å²) >= 11 is 0. The molecule has 0 unspecified atom stereocenters. The molecule has 0 aromatic heterocycles. The minimum atomic E-state index is -0.111. The van der Waals surface area contributed by atoms with Crippen molar-refractivity contribution in [2.75, 3.05) is 19.7 Å². The Morgan fingerprint density at radius 2 is 1.90 bits per heavy atom. The van der Waals surface area contributed by atoms with Crippen molar-refractivity contribution in [3.63, 3.8) is 0 Å². The second-order valence-corrected chi connectivity index (χ2v) is 2.65. The van der Waals surface area contributed by atoms with Crippen LogP contribution in [-0.4, -0.2) is 35.5 Å². The van der Waals surface area contributed by atoms with Crippen LogP contribution in [0.1, 0.15) is 19.3 Å². The summed E-state index contributed by atoms with van der Waals surface area (Å²) in [5.74, 6) is 0.375. The number of rotatable bonds is 1. The third-order valence-electron chi connectivity index (χ3n) is 1.89. The molecule has 2 N–H and O–H groups in total. The average Bonchev–Trinajstić information content (AvgIpc) is 2.05. The van der Waals surface area contributed by atoms with E-state index in [4.69, 9.17) is 10.5 Å². The van der Waals surface area contributed by atoms with Gasteiger partial charge in [0.25, 0.3) is 0 Å². The van der Waals surface area contributed by atoms with E-state index >= 15 is 0 Å². The first kappa shape index (κ1) is 7.54. The van der Waals surface area contributed by atoms with Crippen LogP contribution in [0.4, 0.5) is 0 Å². The average molecular weight is 142 g/mol. The molecule has 10 heavy (non-hydrogen) atoms. The van der Waals surface area contributed by atoms with Crippen molar-refractivity contribution in [3.8, 4) is 0 Å². The molecule has 1 rings (SSSR count). The zero-order chi connectivity index (χ0) is 7.40. The molecule has 3 nitrogen and oxygen atoms in total. The van der Waals surface area contributed by atoms with Gasteiger partial charge in [-0.3, -0.25) is 5.41 Å². The zero-order valence-corrected chi connectivity index (χ0v) is 6.14. The monoisotopic (exact) mass is 142 g/mol. The van der Waals surface area contributed by atoms with Crippen molar-refractivity contribution < 1.29 is 5.11 Å². The standard InChI is InChI=1S/C7H14N2O/c8-7(6-10)9-4-2-1-3-5-9/h8,10H,1-6H2. The normalized spacial score (nSPS) is 19.1. The zero-order valence-electron chi connectivity index (χ0n) is 6.14. The van der Waals surface area contributed by atoms with Gasteiger partial charge in [-0.15, -0.1) is 0 Å². The fraction of sp³-hybridized carbons (Fsp3) is 0.857. The van der Waals surface area contributed by atoms with Gasteiger partial charge in [0.1, 0.15) is 12.4 Å². The lowest BCUT2D eigenvalue weighted by atomic mass is 10.1. The van der Waals surface area contributed by atoms with Crippen LogP contribution in [0.2, 0.25) is 0 Å². The van der Waals surface area contributed by atoms with Crippen molar-refractivity contribution in [1.82, 2.24) is 4.90 Å². The Morgan fingerprint density at radius 3 is 2.40 bits per heavy atom. The number of aliphatic hydroxyl groups is 1. The number of hydrogen-bond donors (Lipinski definition) is 2. The Morgan fingerprint density at radius 1 is 1.30 bits per heavy atom. The van der Waals surface area contributed by atoms with Crippen LogP contribution in [0.5, 0.6) is 0 Å². The van der Waals surface area contributed by atoms with Crippen LogP contribution in [0, 0.1) is 5.41 Å². The summed E-state index contributed by atoms with van der Waals surface area (Å²) < 4.78 is 0. The molecule has 0 amide bonds. The number of nitrogens with one attached hydrogen (secondary N) is 1. The van der Waals surface area contributed by atoms with E-state index in [-0.39, 0.29) is 6.61 Å². The lowest BCUT2D eigenvalue weighted by Crippen LogP contribution is -2.36. The number of likely N-dealkylation sites (tertiary alicyclic amines) is 1. The maximum Gasteiger partial charge on any atom is 0.122 e. The minimum Gasteiger partial charge on any atom is -0.388 e. The molecule has 1 aliphatic rings. The van der Waals surface area contributed by atoms with Crippen molar-refractivity contribution >= 4 is 5.84 Å². The van der Waals surface area contributed by atoms with E-state index < -0.39 is 0 Å². The van der Waals surface area contributed by atoms with Gasteiger partial charge in [0.05, 0.1) is 0 Å². The van der Waals surface area contributed by atoms with E-state index in [0.29, 0.717) is 5.84 Å². The molecule has 1 heterocycles. The highest BCUT2D eigenvalue weighted by Gasteiger charge is 2.11. The van der Waals surface area contributed by atoms with E-state index in [1.54, 1.807) is 0 Å². The van der Waals surface area contributed by atoms with Crippen LogP contribution < -0.4 is 0 Å². The van der Waals surface area contributed by atoms with Gasteiger partial charge in [0, 0.05) is 13.1 Å². The summed E-state index contributed by atoms with van der Waals surface area (Å²) in [4.78, 5) is 1.95. The van der Waals surface area contributed by atoms with Gasteiger partial charge in [-0.25, -0.2) is 0 Å². The third kappa shape index (κ3) is 1.70. The van der Waals surface area contributed by atoms with Gasteiger partial charge in [0.15, 0.2) is 0 Å². The fourth-order valence-corrected chi connectivity index (χ4v) is 1.26. The molecular weight excluding hydrogens is 128 g/mol. The minimum absolute atomic E-state index is 0.111. The Hall–Kier alpha value is -0.570. The lowest BCUT2D eigenvalue weighted by molar-refractivity contribution is 0.290. The van der Waals surface area contributed by atoms with Gasteiger partial charge in [-0.1, -0.05) is 0 Å². The molecule has 0 aliphatic carbocycles. The maximum atomic E-state index is 8.62. The summed E-state index contributed by atoms with van der Waals surface area (Å²) in [5, 5.41) is 15.9. The summed E-state index contributed by atoms with van der Waals surface area (Å²) in [6.45, 7) is 1.80. The maximum absolute atomic E-state index is 8.62. The first-order chi connectivity index (χ1) is 4.84. The fourth-order valence-electron chi connectivity index (χ4n) is 1.26. The molecule has 3 heteroatoms. The Kier molecular flexibility index (Phi) is 2.68. The molecule has 0 atom stereocenters. The van der Waals surface area contributed by atoms with Crippen molar-refractivity contribution in [2.45, 2.75) is 19.3 Å². The molecule has 0 aromatic carbocycles. The van der Waals surface area contributed by atoms with Gasteiger partial charge in [-0.2, -0.15) is 0 Å². The largest absolute Gasteiger partial charge is 0.388 e. The second kappa shape index (κ2) is 3.56. The quantitative estimate of drug-likeness (QED) is 0.412. The predicted molar refractivity (Wildman–Crippen MR) is 40.2 cm³/mol. The highest BCUT2D eigenvalue weighted by atomic mass is 16.3. The van der Waals surface area contributed by atoms with Crippen LogP contribution in [0.25, 0.3) is 0 Å². The van der Waals surface area contributed by atoms with Gasteiger partial charge < -0.3 is 10.0 Å². The van der Waals surface area contributed by atoms with Crippen LogP contribution in [0.3, 0.4) is 0 Å². The number of aliphatic hydroxyl groups excluding tert-OH is 1. The van der Waals surface area contributed by atoms with E-state index in [0.717, 1.165) is 13.1 Å². The van der Waals surface area contributed by atoms with E-state index in [2.05, 4.69) is 0 Å². The molecule has 1 aliphatic heterocycles. The molecular formula is C7H14N2O. The Bertz CT molecular complexity index is 119. The predicted octanol–water partition coefficient (Wildman–Crippen LogP) is 0.442. The van der Waals surface area contributed by atoms with Crippen LogP contribution >= 0.6 is 0 Å². The molecule has 1 fully saturated rings. The summed E-state index contributed by atoms with van der Waals surface area (Å²) in [5.41, 5.74) is 0. The molecule has 58 valence electrons. The molecule has 0 radical (unpaired) electrons. The van der Waals surface area contributed by atoms with E-state index in [9.17, 15) is 0 Å². The van der Waals surface area contributed by atoms with Gasteiger partial charge in [-0.05, 0) is 19.3 Å². The first-order valence-corrected chi connectivity index (χ1v) is 3.78. The smallest absolute Gasteiger partial charge is 0.122 e. The number of piperidine rings is 1. The van der Waals surface area contributed by atoms with Crippen molar-refractivity contribution in [2.24, 2.45) is 0 Å². The second-order valence-electron chi connectivity index (χ2n) is 2.65. The number of hydrogen-bond acceptors (Lipinski definition) is 2. The molecule has 0 bridgehead atoms. The summed E-state index contributed by atoms with van der Waals surface area (Å²) in [6, 6.07) is 0. The highest BCUT2D eigenvalue weighted by Crippen LogP contribution is 2.07. The number of nitrogens with zero attached hydrogens (tertiary/aromatic N) is 1. The Labute approximate surface area is 61.2 Å². The van der Waals surface area contributed by atoms with Crippen LogP contribution in [0.15, 0.2) is 0 Å². The van der Waals surface area contributed by atoms with E-state index in [1.807, 2.05) is 4.90 Å². The summed E-state index contributed by atoms with van der Waals surface area (Å²) in [7, 11) is 0. The molecule has 0 saturated carbocycles. The molecule has 0 spiro atoms. The van der Waals surface area contributed by atoms with Gasteiger partial charge in [0.2, 0.25) is 0 Å². The van der Waals surface area contributed by atoms with Crippen molar-refractivity contribution in [1.29, 1.82) is 5.41 Å². The molecule has 1 saturated heterocycles. The lowest BCUT2D eigenvalue weighted by Gasteiger charge is -2.27. The van der Waals surface area contributed by atoms with E-state index in [1.165, 1.54) is 19.3 Å². The molecule has 0 aromatic rings. The highest BCUT2D eigenvalue weighted by molar-refractivity contribution is 5.80. The Balaban J connectivity index is 2.31. The number of amidine groups is 1. The first-order valence-electron chi connectivity index (χ1n) is 3.78. The topological polar surface area (TPSA) is 47.3 Å². The third-order valence-corrected chi connectivity index (χ3v) is 1.89. The van der Waals surface area contributed by atoms with Crippen LogP contribution in [-0.2, 0) is 0 Å². The summed E-state index contributed by atoms with van der Waals surface area (Å²) in [6.07, 6.45) is 3.61.